The molecule has 4 aliphatic rings. The van der Waals surface area contributed by atoms with Gasteiger partial charge in [0, 0.05) is 12.1 Å². The molecule has 1 unspecified atom stereocenters. The summed E-state index contributed by atoms with van der Waals surface area (Å²) in [5.74, 6) is 0.249. The van der Waals surface area contributed by atoms with E-state index >= 15 is 0 Å². The highest BCUT2D eigenvalue weighted by Crippen LogP contribution is 2.45. The highest BCUT2D eigenvalue weighted by molar-refractivity contribution is 5.70. The van der Waals surface area contributed by atoms with Gasteiger partial charge in [-0.05, 0) is 78.9 Å². The highest BCUT2D eigenvalue weighted by Gasteiger charge is 2.40. The van der Waals surface area contributed by atoms with Gasteiger partial charge in [-0.25, -0.2) is 9.18 Å². The number of nitrogens with zero attached hydrogens (tertiary/aromatic N) is 1. The Morgan fingerprint density at radius 3 is 2.65 bits per heavy atom. The first-order chi connectivity index (χ1) is 14.9. The van der Waals surface area contributed by atoms with E-state index in [0.717, 1.165) is 56.4 Å². The summed E-state index contributed by atoms with van der Waals surface area (Å²) in [4.78, 5) is 15.3. The van der Waals surface area contributed by atoms with Crippen molar-refractivity contribution in [2.75, 3.05) is 19.6 Å². The zero-order chi connectivity index (χ0) is 21.6. The van der Waals surface area contributed by atoms with Crippen molar-refractivity contribution >= 4 is 6.09 Å². The van der Waals surface area contributed by atoms with Crippen molar-refractivity contribution < 1.29 is 13.9 Å². The summed E-state index contributed by atoms with van der Waals surface area (Å²) in [5.41, 5.74) is 3.60. The Morgan fingerprint density at radius 2 is 1.94 bits per heavy atom. The van der Waals surface area contributed by atoms with Gasteiger partial charge in [-0.3, -0.25) is 4.90 Å². The highest BCUT2D eigenvalue weighted by atomic mass is 19.1. The maximum Gasteiger partial charge on any atom is 0.407 e. The minimum atomic E-state index is -0.332. The van der Waals surface area contributed by atoms with Crippen LogP contribution < -0.4 is 5.32 Å². The second kappa shape index (κ2) is 7.94. The number of amides is 1. The van der Waals surface area contributed by atoms with Crippen molar-refractivity contribution in [3.8, 4) is 11.1 Å². The Kier molecular flexibility index (Phi) is 5.25. The number of benzene rings is 2. The summed E-state index contributed by atoms with van der Waals surface area (Å²) in [6.45, 7) is 7.46. The molecule has 2 aromatic carbocycles. The molecule has 1 aliphatic carbocycles. The second-order valence-electron chi connectivity index (χ2n) is 10.0. The molecule has 1 amide bonds. The predicted molar refractivity (Wildman–Crippen MR) is 119 cm³/mol. The first-order valence-electron chi connectivity index (χ1n) is 11.5. The molecule has 0 radical (unpaired) electrons. The minimum absolute atomic E-state index is 0.0153. The van der Waals surface area contributed by atoms with E-state index < -0.39 is 0 Å². The molecule has 6 rings (SSSR count). The van der Waals surface area contributed by atoms with Gasteiger partial charge in [-0.2, -0.15) is 0 Å². The summed E-state index contributed by atoms with van der Waals surface area (Å²) in [6, 6.07) is 12.8. The number of nitrogens with one attached hydrogen (secondary N) is 1. The fraction of sp³-hybridized carbons (Fsp3) is 0.500. The molecule has 0 saturated carbocycles. The van der Waals surface area contributed by atoms with Gasteiger partial charge in [-0.1, -0.05) is 44.2 Å². The van der Waals surface area contributed by atoms with E-state index in [9.17, 15) is 9.18 Å². The number of aryl methyl sites for hydroxylation is 1. The molecule has 31 heavy (non-hydrogen) atoms. The molecule has 4 nitrogen and oxygen atoms in total. The van der Waals surface area contributed by atoms with E-state index in [1.54, 1.807) is 12.1 Å². The lowest BCUT2D eigenvalue weighted by atomic mass is 9.70. The third-order valence-corrected chi connectivity index (χ3v) is 7.58. The number of alkyl carbamates (subject to hydrolysis) is 1. The Bertz CT molecular complexity index is 981. The predicted octanol–water partition coefficient (Wildman–Crippen LogP) is 5.33. The summed E-state index contributed by atoms with van der Waals surface area (Å²) < 4.78 is 20.3. The molecule has 2 bridgehead atoms. The lowest BCUT2D eigenvalue weighted by Crippen LogP contribution is -2.53. The van der Waals surface area contributed by atoms with Crippen LogP contribution in [0.1, 0.15) is 50.3 Å². The van der Waals surface area contributed by atoms with Crippen LogP contribution >= 0.6 is 0 Å². The topological polar surface area (TPSA) is 41.6 Å². The van der Waals surface area contributed by atoms with Crippen LogP contribution in [0.15, 0.2) is 42.5 Å². The second-order valence-corrected chi connectivity index (χ2v) is 10.0. The number of ether oxygens (including phenoxy) is 1. The van der Waals surface area contributed by atoms with Crippen LogP contribution in [0.3, 0.4) is 0 Å². The Hall–Kier alpha value is -2.40. The summed E-state index contributed by atoms with van der Waals surface area (Å²) >= 11 is 0. The average molecular weight is 423 g/mol. The van der Waals surface area contributed by atoms with Gasteiger partial charge < -0.3 is 10.1 Å². The van der Waals surface area contributed by atoms with Gasteiger partial charge in [0.1, 0.15) is 11.9 Å². The van der Waals surface area contributed by atoms with Crippen LogP contribution in [-0.2, 0) is 11.2 Å². The third kappa shape index (κ3) is 3.96. The van der Waals surface area contributed by atoms with Gasteiger partial charge in [0.2, 0.25) is 0 Å². The van der Waals surface area contributed by atoms with Crippen molar-refractivity contribution in [3.05, 3.63) is 59.4 Å². The number of halogens is 1. The number of carbonyl (C=O) groups is 1. The number of hydrogen-bond acceptors (Lipinski definition) is 3. The average Bonchev–Trinajstić information content (AvgIpc) is 2.77. The third-order valence-electron chi connectivity index (χ3n) is 7.58. The number of fused-ring (bicyclic) bond motifs is 4. The van der Waals surface area contributed by atoms with Crippen molar-refractivity contribution in [2.24, 2.45) is 11.3 Å². The molecule has 3 fully saturated rings. The van der Waals surface area contributed by atoms with Gasteiger partial charge in [0.05, 0.1) is 6.04 Å². The van der Waals surface area contributed by atoms with Crippen LogP contribution in [0.25, 0.3) is 11.1 Å². The van der Waals surface area contributed by atoms with Crippen LogP contribution in [0, 0.1) is 17.2 Å². The molecular formula is C26H31FN2O2. The largest absolute Gasteiger partial charge is 0.445 e. The van der Waals surface area contributed by atoms with Crippen LogP contribution in [-0.4, -0.2) is 36.7 Å². The molecule has 2 aromatic rings. The summed E-state index contributed by atoms with van der Waals surface area (Å²) in [7, 11) is 0. The van der Waals surface area contributed by atoms with Gasteiger partial charge in [-0.15, -0.1) is 0 Å². The van der Waals surface area contributed by atoms with Gasteiger partial charge >= 0.3 is 6.09 Å². The quantitative estimate of drug-likeness (QED) is 0.727. The SMILES string of the molecule is CC1(C)CCc2ccc(-c3ccccc3F)cc2C1NC(=O)O[C@@H]1CN2CCC1CC2. The van der Waals surface area contributed by atoms with E-state index in [2.05, 4.69) is 30.1 Å². The minimum Gasteiger partial charge on any atom is -0.445 e. The summed E-state index contributed by atoms with van der Waals surface area (Å²) in [5, 5.41) is 3.19. The molecule has 1 N–H and O–H groups in total. The normalized spacial score (nSPS) is 28.6. The van der Waals surface area contributed by atoms with Crippen LogP contribution in [0.2, 0.25) is 0 Å². The molecular weight excluding hydrogens is 391 g/mol. The van der Waals surface area contributed by atoms with E-state index in [1.165, 1.54) is 11.6 Å². The van der Waals surface area contributed by atoms with Crippen molar-refractivity contribution in [1.82, 2.24) is 10.2 Å². The molecule has 3 saturated heterocycles. The molecule has 0 spiro atoms. The Morgan fingerprint density at radius 1 is 1.16 bits per heavy atom. The number of carbonyl (C=O) groups excluding carboxylic acids is 1. The number of rotatable bonds is 3. The van der Waals surface area contributed by atoms with Crippen molar-refractivity contribution in [3.63, 3.8) is 0 Å². The summed E-state index contributed by atoms with van der Waals surface area (Å²) in [6.07, 6.45) is 3.80. The van der Waals surface area contributed by atoms with E-state index in [1.807, 2.05) is 18.2 Å². The zero-order valence-corrected chi connectivity index (χ0v) is 18.4. The van der Waals surface area contributed by atoms with E-state index in [-0.39, 0.29) is 29.5 Å². The van der Waals surface area contributed by atoms with Gasteiger partial charge in [0.15, 0.2) is 0 Å². The van der Waals surface area contributed by atoms with Crippen molar-refractivity contribution in [1.29, 1.82) is 0 Å². The zero-order valence-electron chi connectivity index (χ0n) is 18.4. The number of piperidine rings is 3. The fourth-order valence-corrected chi connectivity index (χ4v) is 5.58. The molecule has 5 heteroatoms. The first-order valence-corrected chi connectivity index (χ1v) is 11.5. The fourth-order valence-electron chi connectivity index (χ4n) is 5.58. The maximum absolute atomic E-state index is 14.4. The lowest BCUT2D eigenvalue weighted by molar-refractivity contribution is -0.0353. The van der Waals surface area contributed by atoms with Crippen molar-refractivity contribution in [2.45, 2.75) is 51.7 Å². The van der Waals surface area contributed by atoms with E-state index in [4.69, 9.17) is 4.74 Å². The molecule has 164 valence electrons. The smallest absolute Gasteiger partial charge is 0.407 e. The number of hydrogen-bond donors (Lipinski definition) is 1. The lowest BCUT2D eigenvalue weighted by Gasteiger charge is -2.44. The monoisotopic (exact) mass is 422 g/mol. The van der Waals surface area contributed by atoms with Crippen LogP contribution in [0.5, 0.6) is 0 Å². The van der Waals surface area contributed by atoms with Gasteiger partial charge in [0.25, 0.3) is 0 Å². The Labute approximate surface area is 183 Å². The molecule has 3 heterocycles. The first kappa shape index (κ1) is 20.5. The van der Waals surface area contributed by atoms with E-state index in [0.29, 0.717) is 11.5 Å². The standard InChI is InChI=1S/C26H31FN2O2/c1-26(2)12-9-17-7-8-19(20-5-3-4-6-22(20)27)15-21(17)24(26)28-25(30)31-23-16-29-13-10-18(23)11-14-29/h3-8,15,18,23-24H,9-14,16H2,1-2H3,(H,28,30)/t23-,24?/m1/s1. The van der Waals surface area contributed by atoms with Crippen LogP contribution in [0.4, 0.5) is 9.18 Å². The maximum atomic E-state index is 14.4. The molecule has 3 aliphatic heterocycles. The Balaban J connectivity index is 1.40. The molecule has 2 atom stereocenters. The molecule has 0 aromatic heterocycles.